The fourth-order valence-corrected chi connectivity index (χ4v) is 5.15. The topological polar surface area (TPSA) is 110 Å². The molecule has 0 saturated carbocycles. The molecular formula is C20H27NO6S. The summed E-state index contributed by atoms with van der Waals surface area (Å²) in [5.74, 6) is -1.79. The van der Waals surface area contributed by atoms with Crippen molar-refractivity contribution in [1.82, 2.24) is 5.32 Å². The smallest absolute Gasteiger partial charge is 0.337 e. The first kappa shape index (κ1) is 21.9. The standard InChI is InChI=1S/C20H27NO6S/c1-13-6-8-14(9-7-13)28(25,26)20(18(24)21-19(2,3)4)11-10-16(22)15(12-20)17(23)27-5/h6-9,22H,10-12H2,1-5H3,(H,21,24). The van der Waals surface area contributed by atoms with Crippen molar-refractivity contribution in [3.63, 3.8) is 0 Å². The number of nitrogens with one attached hydrogen (secondary N) is 1. The average Bonchev–Trinajstić information content (AvgIpc) is 2.60. The Bertz CT molecular complexity index is 909. The van der Waals surface area contributed by atoms with E-state index < -0.39 is 38.4 Å². The van der Waals surface area contributed by atoms with Crippen LogP contribution in [0, 0.1) is 6.92 Å². The number of carbonyl (C=O) groups excluding carboxylic acids is 2. The van der Waals surface area contributed by atoms with Crippen molar-refractivity contribution in [2.45, 2.75) is 62.1 Å². The van der Waals surface area contributed by atoms with Crippen LogP contribution in [-0.2, 0) is 24.2 Å². The van der Waals surface area contributed by atoms with E-state index in [2.05, 4.69) is 10.1 Å². The number of hydrogen-bond donors (Lipinski definition) is 2. The lowest BCUT2D eigenvalue weighted by atomic mass is 9.85. The third kappa shape index (κ3) is 4.06. The second-order valence-corrected chi connectivity index (χ2v) is 10.4. The molecule has 1 aromatic rings. The number of aryl methyl sites for hydroxylation is 1. The lowest BCUT2D eigenvalue weighted by molar-refractivity contribution is -0.136. The summed E-state index contributed by atoms with van der Waals surface area (Å²) < 4.78 is 29.9. The minimum Gasteiger partial charge on any atom is -0.512 e. The summed E-state index contributed by atoms with van der Waals surface area (Å²) in [6.07, 6.45) is -0.714. The van der Waals surface area contributed by atoms with Crippen molar-refractivity contribution in [3.05, 3.63) is 41.2 Å². The lowest BCUT2D eigenvalue weighted by Gasteiger charge is -2.37. The molecule has 0 bridgehead atoms. The van der Waals surface area contributed by atoms with E-state index in [1.165, 1.54) is 12.1 Å². The van der Waals surface area contributed by atoms with E-state index in [-0.39, 0.29) is 29.1 Å². The molecule has 0 aliphatic heterocycles. The van der Waals surface area contributed by atoms with Crippen LogP contribution in [-0.4, -0.2) is 42.8 Å². The van der Waals surface area contributed by atoms with Crippen molar-refractivity contribution in [2.75, 3.05) is 7.11 Å². The SMILES string of the molecule is COC(=O)C1=C(O)CCC(C(=O)NC(C)(C)C)(S(=O)(=O)c2ccc(C)cc2)C1. The van der Waals surface area contributed by atoms with Crippen LogP contribution in [0.4, 0.5) is 0 Å². The van der Waals surface area contributed by atoms with Gasteiger partial charge in [-0.05, 0) is 46.2 Å². The Morgan fingerprint density at radius 2 is 1.75 bits per heavy atom. The Kier molecular flexibility index (Phi) is 5.94. The first-order chi connectivity index (χ1) is 12.8. The molecule has 1 amide bonds. The Labute approximate surface area is 165 Å². The first-order valence-electron chi connectivity index (χ1n) is 8.97. The number of rotatable bonds is 4. The Morgan fingerprint density at radius 1 is 1.18 bits per heavy atom. The summed E-state index contributed by atoms with van der Waals surface area (Å²) in [5, 5.41) is 12.9. The van der Waals surface area contributed by atoms with Crippen LogP contribution in [0.2, 0.25) is 0 Å². The van der Waals surface area contributed by atoms with Gasteiger partial charge in [0.2, 0.25) is 5.91 Å². The van der Waals surface area contributed by atoms with Crippen LogP contribution >= 0.6 is 0 Å². The second kappa shape index (κ2) is 7.58. The van der Waals surface area contributed by atoms with Gasteiger partial charge >= 0.3 is 5.97 Å². The molecule has 0 fully saturated rings. The van der Waals surface area contributed by atoms with Gasteiger partial charge in [0.25, 0.3) is 0 Å². The zero-order valence-electron chi connectivity index (χ0n) is 16.8. The number of aliphatic hydroxyl groups excluding tert-OH is 1. The lowest BCUT2D eigenvalue weighted by Crippen LogP contribution is -2.58. The number of esters is 1. The highest BCUT2D eigenvalue weighted by molar-refractivity contribution is 7.93. The Morgan fingerprint density at radius 3 is 2.25 bits per heavy atom. The number of sulfone groups is 1. The molecule has 1 aromatic carbocycles. The number of benzene rings is 1. The maximum Gasteiger partial charge on any atom is 0.337 e. The van der Waals surface area contributed by atoms with Gasteiger partial charge in [-0.25, -0.2) is 13.2 Å². The predicted molar refractivity (Wildman–Crippen MR) is 105 cm³/mol. The summed E-state index contributed by atoms with van der Waals surface area (Å²) in [5.41, 5.74) is 0.0127. The molecular weight excluding hydrogens is 382 g/mol. The maximum atomic E-state index is 13.6. The summed E-state index contributed by atoms with van der Waals surface area (Å²) in [4.78, 5) is 25.3. The van der Waals surface area contributed by atoms with Crippen LogP contribution in [0.3, 0.4) is 0 Å². The molecule has 0 radical (unpaired) electrons. The molecule has 28 heavy (non-hydrogen) atoms. The number of ether oxygens (including phenoxy) is 1. The largest absolute Gasteiger partial charge is 0.512 e. The van der Waals surface area contributed by atoms with Gasteiger partial charge in [0.1, 0.15) is 5.76 Å². The minimum atomic E-state index is -4.18. The molecule has 2 rings (SSSR count). The monoisotopic (exact) mass is 409 g/mol. The van der Waals surface area contributed by atoms with Gasteiger partial charge in [-0.2, -0.15) is 0 Å². The van der Waals surface area contributed by atoms with Gasteiger partial charge in [0.15, 0.2) is 14.6 Å². The van der Waals surface area contributed by atoms with Gasteiger partial charge in [0.05, 0.1) is 17.6 Å². The molecule has 2 N–H and O–H groups in total. The fourth-order valence-electron chi connectivity index (χ4n) is 3.20. The molecule has 0 saturated heterocycles. The molecule has 1 aliphatic rings. The molecule has 154 valence electrons. The van der Waals surface area contributed by atoms with Crippen LogP contribution in [0.5, 0.6) is 0 Å². The van der Waals surface area contributed by atoms with Crippen molar-refractivity contribution in [3.8, 4) is 0 Å². The van der Waals surface area contributed by atoms with Crippen LogP contribution in [0.1, 0.15) is 45.6 Å². The maximum absolute atomic E-state index is 13.6. The summed E-state index contributed by atoms with van der Waals surface area (Å²) in [7, 11) is -3.03. The van der Waals surface area contributed by atoms with Crippen molar-refractivity contribution >= 4 is 21.7 Å². The molecule has 0 heterocycles. The highest BCUT2D eigenvalue weighted by atomic mass is 32.2. The predicted octanol–water partition coefficient (Wildman–Crippen LogP) is 2.59. The summed E-state index contributed by atoms with van der Waals surface area (Å²) in [6.45, 7) is 7.06. The molecule has 0 aromatic heterocycles. The van der Waals surface area contributed by atoms with Gasteiger partial charge in [-0.1, -0.05) is 17.7 Å². The highest BCUT2D eigenvalue weighted by Gasteiger charge is 2.55. The minimum absolute atomic E-state index is 0.00670. The Hall–Kier alpha value is -2.35. The fraction of sp³-hybridized carbons (Fsp3) is 0.500. The number of allylic oxidation sites excluding steroid dienone is 1. The van der Waals surface area contributed by atoms with Gasteiger partial charge in [-0.15, -0.1) is 0 Å². The highest BCUT2D eigenvalue weighted by Crippen LogP contribution is 2.42. The Balaban J connectivity index is 2.66. The summed E-state index contributed by atoms with van der Waals surface area (Å²) in [6, 6.07) is 6.21. The normalized spacial score (nSPS) is 20.6. The van der Waals surface area contributed by atoms with E-state index in [0.717, 1.165) is 12.7 Å². The van der Waals surface area contributed by atoms with E-state index in [0.29, 0.717) is 0 Å². The second-order valence-electron chi connectivity index (χ2n) is 8.11. The number of hydrogen-bond acceptors (Lipinski definition) is 6. The number of methoxy groups -OCH3 is 1. The van der Waals surface area contributed by atoms with Crippen molar-refractivity contribution in [1.29, 1.82) is 0 Å². The van der Waals surface area contributed by atoms with E-state index in [9.17, 15) is 23.1 Å². The number of aliphatic hydroxyl groups is 1. The zero-order valence-corrected chi connectivity index (χ0v) is 17.6. The molecule has 8 heteroatoms. The van der Waals surface area contributed by atoms with E-state index in [4.69, 9.17) is 0 Å². The third-order valence-corrected chi connectivity index (χ3v) is 7.21. The molecule has 7 nitrogen and oxygen atoms in total. The molecule has 1 aliphatic carbocycles. The first-order valence-corrected chi connectivity index (χ1v) is 10.5. The average molecular weight is 410 g/mol. The van der Waals surface area contributed by atoms with E-state index >= 15 is 0 Å². The summed E-state index contributed by atoms with van der Waals surface area (Å²) >= 11 is 0. The zero-order chi connectivity index (χ0) is 21.3. The van der Waals surface area contributed by atoms with Gasteiger partial charge < -0.3 is 15.2 Å². The molecule has 1 atom stereocenters. The number of carbonyl (C=O) groups is 2. The van der Waals surface area contributed by atoms with Gasteiger partial charge in [0, 0.05) is 18.4 Å². The number of amides is 1. The van der Waals surface area contributed by atoms with Crippen molar-refractivity contribution in [2.24, 2.45) is 0 Å². The quantitative estimate of drug-likeness (QED) is 0.740. The van der Waals surface area contributed by atoms with Crippen LogP contribution in [0.15, 0.2) is 40.5 Å². The molecule has 0 spiro atoms. The van der Waals surface area contributed by atoms with E-state index in [1.807, 2.05) is 6.92 Å². The van der Waals surface area contributed by atoms with Crippen molar-refractivity contribution < 1.29 is 27.9 Å². The molecule has 1 unspecified atom stereocenters. The van der Waals surface area contributed by atoms with E-state index in [1.54, 1.807) is 32.9 Å². The van der Waals surface area contributed by atoms with Crippen LogP contribution < -0.4 is 5.32 Å². The van der Waals surface area contributed by atoms with Crippen LogP contribution in [0.25, 0.3) is 0 Å². The van der Waals surface area contributed by atoms with Gasteiger partial charge in [-0.3, -0.25) is 4.79 Å². The third-order valence-electron chi connectivity index (χ3n) is 4.76.